The van der Waals surface area contributed by atoms with Gasteiger partial charge in [-0.1, -0.05) is 0 Å². The Labute approximate surface area is 165 Å². The van der Waals surface area contributed by atoms with E-state index in [1.54, 1.807) is 17.9 Å². The van der Waals surface area contributed by atoms with Gasteiger partial charge in [0.2, 0.25) is 0 Å². The Morgan fingerprint density at radius 3 is 2.43 bits per heavy atom. The molecule has 0 spiro atoms. The SMILES string of the molecule is CCOc1cc(C(=O)N(C)[C@@H](C)C(=O)O)ccc1OCC(=O)N1CCCCC1. The molecule has 2 amide bonds. The molecule has 1 aliphatic heterocycles. The zero-order valence-electron chi connectivity index (χ0n) is 16.6. The summed E-state index contributed by atoms with van der Waals surface area (Å²) in [6.45, 7) is 5.01. The molecule has 1 aromatic carbocycles. The first kappa shape index (κ1) is 21.5. The molecule has 154 valence electrons. The van der Waals surface area contributed by atoms with E-state index in [0.717, 1.165) is 37.3 Å². The van der Waals surface area contributed by atoms with Crippen LogP contribution in [0.2, 0.25) is 0 Å². The van der Waals surface area contributed by atoms with E-state index in [1.165, 1.54) is 26.1 Å². The van der Waals surface area contributed by atoms with Gasteiger partial charge in [0.25, 0.3) is 11.8 Å². The van der Waals surface area contributed by atoms with E-state index < -0.39 is 17.9 Å². The minimum atomic E-state index is -1.09. The summed E-state index contributed by atoms with van der Waals surface area (Å²) in [4.78, 5) is 38.9. The number of benzene rings is 1. The summed E-state index contributed by atoms with van der Waals surface area (Å²) in [5, 5.41) is 9.09. The molecule has 0 bridgehead atoms. The fourth-order valence-corrected chi connectivity index (χ4v) is 2.95. The van der Waals surface area contributed by atoms with Gasteiger partial charge >= 0.3 is 5.97 Å². The Balaban J connectivity index is 2.10. The van der Waals surface area contributed by atoms with E-state index in [0.29, 0.717) is 18.1 Å². The van der Waals surface area contributed by atoms with Crippen LogP contribution in [0.15, 0.2) is 18.2 Å². The maximum Gasteiger partial charge on any atom is 0.326 e. The van der Waals surface area contributed by atoms with Gasteiger partial charge in [-0.25, -0.2) is 4.79 Å². The van der Waals surface area contributed by atoms with Crippen molar-refractivity contribution in [1.29, 1.82) is 0 Å². The predicted octanol–water partition coefficient (Wildman–Crippen LogP) is 2.02. The van der Waals surface area contributed by atoms with E-state index in [1.807, 2.05) is 0 Å². The average molecular weight is 392 g/mol. The number of piperidine rings is 1. The zero-order chi connectivity index (χ0) is 20.7. The van der Waals surface area contributed by atoms with Crippen molar-refractivity contribution in [3.8, 4) is 11.5 Å². The molecule has 1 aliphatic rings. The number of likely N-dealkylation sites (tertiary alicyclic amines) is 1. The first-order chi connectivity index (χ1) is 13.3. The lowest BCUT2D eigenvalue weighted by Crippen LogP contribution is -2.40. The normalized spacial score (nSPS) is 14.9. The van der Waals surface area contributed by atoms with Crippen molar-refractivity contribution < 1.29 is 29.0 Å². The van der Waals surface area contributed by atoms with E-state index in [9.17, 15) is 14.4 Å². The van der Waals surface area contributed by atoms with Crippen molar-refractivity contribution in [3.63, 3.8) is 0 Å². The number of likely N-dealkylation sites (N-methyl/N-ethyl adjacent to an activating group) is 1. The smallest absolute Gasteiger partial charge is 0.326 e. The fourth-order valence-electron chi connectivity index (χ4n) is 2.95. The minimum Gasteiger partial charge on any atom is -0.490 e. The largest absolute Gasteiger partial charge is 0.490 e. The third-order valence-electron chi connectivity index (χ3n) is 4.81. The van der Waals surface area contributed by atoms with Crippen molar-refractivity contribution in [2.75, 3.05) is 33.4 Å². The van der Waals surface area contributed by atoms with Gasteiger partial charge in [-0.05, 0) is 51.3 Å². The van der Waals surface area contributed by atoms with Gasteiger partial charge in [0.1, 0.15) is 6.04 Å². The molecule has 8 heteroatoms. The Bertz CT molecular complexity index is 715. The molecular formula is C20H28N2O6. The van der Waals surface area contributed by atoms with Gasteiger partial charge in [-0.3, -0.25) is 9.59 Å². The molecule has 1 heterocycles. The maximum absolute atomic E-state index is 12.5. The molecule has 1 saturated heterocycles. The van der Waals surface area contributed by atoms with Gasteiger partial charge in [0.15, 0.2) is 18.1 Å². The van der Waals surface area contributed by atoms with Crippen LogP contribution in [0, 0.1) is 0 Å². The number of carbonyl (C=O) groups is 3. The average Bonchev–Trinajstić information content (AvgIpc) is 2.71. The highest BCUT2D eigenvalue weighted by atomic mass is 16.5. The van der Waals surface area contributed by atoms with Gasteiger partial charge in [0.05, 0.1) is 6.61 Å². The molecule has 2 rings (SSSR count). The topological polar surface area (TPSA) is 96.4 Å². The quantitative estimate of drug-likeness (QED) is 0.727. The second-order valence-electron chi connectivity index (χ2n) is 6.75. The number of carboxylic acids is 1. The number of aliphatic carboxylic acids is 1. The summed E-state index contributed by atoms with van der Waals surface area (Å²) in [7, 11) is 1.43. The lowest BCUT2D eigenvalue weighted by Gasteiger charge is -2.26. The van der Waals surface area contributed by atoms with Crippen LogP contribution < -0.4 is 9.47 Å². The summed E-state index contributed by atoms with van der Waals surface area (Å²) in [6, 6.07) is 3.66. The number of ether oxygens (including phenoxy) is 2. The zero-order valence-corrected chi connectivity index (χ0v) is 16.6. The third kappa shape index (κ3) is 5.37. The van der Waals surface area contributed by atoms with Crippen molar-refractivity contribution in [1.82, 2.24) is 9.80 Å². The molecule has 1 aromatic rings. The second-order valence-corrected chi connectivity index (χ2v) is 6.75. The van der Waals surface area contributed by atoms with Crippen LogP contribution in [0.25, 0.3) is 0 Å². The van der Waals surface area contributed by atoms with Crippen molar-refractivity contribution in [2.45, 2.75) is 39.2 Å². The molecule has 0 unspecified atom stereocenters. The summed E-state index contributed by atoms with van der Waals surface area (Å²) in [5.41, 5.74) is 0.286. The van der Waals surface area contributed by atoms with Crippen LogP contribution in [0.5, 0.6) is 11.5 Å². The number of hydrogen-bond acceptors (Lipinski definition) is 5. The van der Waals surface area contributed by atoms with Gasteiger partial charge < -0.3 is 24.4 Å². The van der Waals surface area contributed by atoms with Gasteiger partial charge in [0, 0.05) is 25.7 Å². The van der Waals surface area contributed by atoms with Crippen LogP contribution in [-0.2, 0) is 9.59 Å². The monoisotopic (exact) mass is 392 g/mol. The molecule has 0 radical (unpaired) electrons. The van der Waals surface area contributed by atoms with Crippen LogP contribution >= 0.6 is 0 Å². The molecule has 0 aromatic heterocycles. The second kappa shape index (κ2) is 9.96. The van der Waals surface area contributed by atoms with Crippen molar-refractivity contribution in [2.24, 2.45) is 0 Å². The van der Waals surface area contributed by atoms with Gasteiger partial charge in [-0.15, -0.1) is 0 Å². The van der Waals surface area contributed by atoms with E-state index in [4.69, 9.17) is 14.6 Å². The lowest BCUT2D eigenvalue weighted by atomic mass is 10.1. The predicted molar refractivity (Wildman–Crippen MR) is 103 cm³/mol. The number of carbonyl (C=O) groups excluding carboxylic acids is 2. The third-order valence-corrected chi connectivity index (χ3v) is 4.81. The van der Waals surface area contributed by atoms with Crippen LogP contribution in [0.1, 0.15) is 43.5 Å². The fraction of sp³-hybridized carbons (Fsp3) is 0.550. The number of hydrogen-bond donors (Lipinski definition) is 1. The van der Waals surface area contributed by atoms with Gasteiger partial charge in [-0.2, -0.15) is 0 Å². The molecule has 0 aliphatic carbocycles. The number of amides is 2. The number of rotatable bonds is 8. The summed E-state index contributed by atoms with van der Waals surface area (Å²) in [6.07, 6.45) is 3.16. The molecule has 1 fully saturated rings. The summed E-state index contributed by atoms with van der Waals surface area (Å²) in [5.74, 6) is -0.880. The summed E-state index contributed by atoms with van der Waals surface area (Å²) >= 11 is 0. The highest BCUT2D eigenvalue weighted by Gasteiger charge is 2.24. The molecule has 1 N–H and O–H groups in total. The van der Waals surface area contributed by atoms with Crippen LogP contribution in [0.4, 0.5) is 0 Å². The van der Waals surface area contributed by atoms with E-state index in [-0.39, 0.29) is 18.1 Å². The highest BCUT2D eigenvalue weighted by Crippen LogP contribution is 2.29. The molecule has 0 saturated carbocycles. The molecular weight excluding hydrogens is 364 g/mol. The first-order valence-corrected chi connectivity index (χ1v) is 9.52. The number of carboxylic acid groups (broad SMARTS) is 1. The Hall–Kier alpha value is -2.77. The molecule has 28 heavy (non-hydrogen) atoms. The lowest BCUT2D eigenvalue weighted by molar-refractivity contribution is -0.141. The first-order valence-electron chi connectivity index (χ1n) is 9.52. The van der Waals surface area contributed by atoms with Crippen molar-refractivity contribution in [3.05, 3.63) is 23.8 Å². The number of nitrogens with zero attached hydrogens (tertiary/aromatic N) is 2. The maximum atomic E-state index is 12.5. The minimum absolute atomic E-state index is 0.0719. The Morgan fingerprint density at radius 1 is 1.14 bits per heavy atom. The Kier molecular flexibility index (Phi) is 7.66. The van der Waals surface area contributed by atoms with Crippen LogP contribution in [0.3, 0.4) is 0 Å². The van der Waals surface area contributed by atoms with E-state index >= 15 is 0 Å². The molecule has 1 atom stereocenters. The highest BCUT2D eigenvalue weighted by molar-refractivity contribution is 5.97. The van der Waals surface area contributed by atoms with Crippen LogP contribution in [-0.4, -0.2) is 72.1 Å². The molecule has 8 nitrogen and oxygen atoms in total. The standard InChI is InChI=1S/C20H28N2O6/c1-4-27-17-12-15(19(24)21(3)14(2)20(25)26)8-9-16(17)28-13-18(23)22-10-6-5-7-11-22/h8-9,12,14H,4-7,10-11,13H2,1-3H3,(H,25,26)/t14-/m0/s1. The van der Waals surface area contributed by atoms with Crippen molar-refractivity contribution >= 4 is 17.8 Å². The summed E-state index contributed by atoms with van der Waals surface area (Å²) < 4.78 is 11.2. The van der Waals surface area contributed by atoms with E-state index in [2.05, 4.69) is 0 Å². The Morgan fingerprint density at radius 2 is 1.82 bits per heavy atom.